The minimum atomic E-state index is 0.149. The van der Waals surface area contributed by atoms with Crippen molar-refractivity contribution in [2.75, 3.05) is 5.32 Å². The van der Waals surface area contributed by atoms with Gasteiger partial charge >= 0.3 is 0 Å². The summed E-state index contributed by atoms with van der Waals surface area (Å²) in [5.41, 5.74) is 8.29. The van der Waals surface area contributed by atoms with Gasteiger partial charge in [-0.1, -0.05) is 24.4 Å². The van der Waals surface area contributed by atoms with Gasteiger partial charge in [-0.15, -0.1) is 0 Å². The summed E-state index contributed by atoms with van der Waals surface area (Å²) in [7, 11) is 0. The van der Waals surface area contributed by atoms with Crippen molar-refractivity contribution < 1.29 is 4.79 Å². The summed E-state index contributed by atoms with van der Waals surface area (Å²) in [6.45, 7) is 1.98. The number of fused-ring (bicyclic) bond motifs is 1. The molecule has 2 atom stereocenters. The molecule has 2 fully saturated rings. The molecule has 0 radical (unpaired) electrons. The minimum absolute atomic E-state index is 0.149. The van der Waals surface area contributed by atoms with Gasteiger partial charge in [0.05, 0.1) is 0 Å². The van der Waals surface area contributed by atoms with Crippen LogP contribution >= 0.6 is 12.2 Å². The zero-order chi connectivity index (χ0) is 13.6. The average Bonchev–Trinajstić information content (AvgIpc) is 2.98. The van der Waals surface area contributed by atoms with Gasteiger partial charge in [-0.3, -0.25) is 4.79 Å². The summed E-state index contributed by atoms with van der Waals surface area (Å²) in [6.07, 6.45) is 3.45. The molecule has 2 aliphatic rings. The molecular weight excluding hydrogens is 256 g/mol. The van der Waals surface area contributed by atoms with Crippen LogP contribution in [0.1, 0.15) is 30.4 Å². The molecule has 0 aromatic heterocycles. The second kappa shape index (κ2) is 4.60. The van der Waals surface area contributed by atoms with Crippen molar-refractivity contribution in [3.05, 3.63) is 29.3 Å². The van der Waals surface area contributed by atoms with E-state index < -0.39 is 0 Å². The highest BCUT2D eigenvalue weighted by atomic mass is 32.1. The van der Waals surface area contributed by atoms with E-state index in [0.717, 1.165) is 41.5 Å². The van der Waals surface area contributed by atoms with Crippen molar-refractivity contribution in [2.24, 2.45) is 23.5 Å². The number of rotatable bonds is 3. The van der Waals surface area contributed by atoms with Crippen molar-refractivity contribution >= 4 is 28.8 Å². The number of hydrogen-bond donors (Lipinski definition) is 2. The van der Waals surface area contributed by atoms with Gasteiger partial charge in [-0.25, -0.2) is 0 Å². The first-order valence-corrected chi connectivity index (χ1v) is 7.16. The highest BCUT2D eigenvalue weighted by Gasteiger charge is 2.47. The Labute approximate surface area is 118 Å². The maximum atomic E-state index is 12.2. The molecule has 0 aliphatic heterocycles. The normalized spacial score (nSPS) is 27.7. The van der Waals surface area contributed by atoms with E-state index in [0.29, 0.717) is 4.99 Å². The fraction of sp³-hybridized carbons (Fsp3) is 0.467. The molecule has 0 bridgehead atoms. The number of benzene rings is 1. The van der Waals surface area contributed by atoms with Crippen LogP contribution in [-0.2, 0) is 4.79 Å². The monoisotopic (exact) mass is 274 g/mol. The lowest BCUT2D eigenvalue weighted by atomic mass is 10.0. The van der Waals surface area contributed by atoms with Crippen LogP contribution in [0, 0.1) is 24.7 Å². The van der Waals surface area contributed by atoms with E-state index in [2.05, 4.69) is 5.32 Å². The van der Waals surface area contributed by atoms with Gasteiger partial charge < -0.3 is 11.1 Å². The predicted octanol–water partition coefficient (Wildman–Crippen LogP) is 2.61. The Morgan fingerprint density at radius 2 is 2.00 bits per heavy atom. The highest BCUT2D eigenvalue weighted by molar-refractivity contribution is 7.80. The van der Waals surface area contributed by atoms with Crippen molar-refractivity contribution in [3.8, 4) is 0 Å². The van der Waals surface area contributed by atoms with E-state index >= 15 is 0 Å². The Bertz CT molecular complexity index is 545. The SMILES string of the molecule is Cc1ccc(C(N)=S)cc1NC(=O)C1CC2CC2C1. The lowest BCUT2D eigenvalue weighted by Crippen LogP contribution is -2.22. The van der Waals surface area contributed by atoms with E-state index in [-0.39, 0.29) is 11.8 Å². The van der Waals surface area contributed by atoms with Gasteiger partial charge in [-0.05, 0) is 49.7 Å². The van der Waals surface area contributed by atoms with Crippen LogP contribution in [0.15, 0.2) is 18.2 Å². The van der Waals surface area contributed by atoms with Crippen LogP contribution in [-0.4, -0.2) is 10.9 Å². The lowest BCUT2D eigenvalue weighted by molar-refractivity contribution is -0.120. The van der Waals surface area contributed by atoms with Crippen LogP contribution in [0.4, 0.5) is 5.69 Å². The molecule has 1 aromatic rings. The number of thiocarbonyl (C=S) groups is 1. The van der Waals surface area contributed by atoms with Gasteiger partial charge in [0.1, 0.15) is 4.99 Å². The zero-order valence-corrected chi connectivity index (χ0v) is 11.8. The first-order valence-electron chi connectivity index (χ1n) is 6.76. The molecular formula is C15H18N2OS. The molecule has 1 aromatic carbocycles. The quantitative estimate of drug-likeness (QED) is 0.833. The zero-order valence-electron chi connectivity index (χ0n) is 11.0. The molecule has 3 N–H and O–H groups in total. The standard InChI is InChI=1S/C15H18N2OS/c1-8-2-3-9(14(16)19)7-13(8)17-15(18)12-5-10-4-11(10)6-12/h2-3,7,10-12H,4-6H2,1H3,(H2,16,19)(H,17,18). The van der Waals surface area contributed by atoms with Gasteiger partial charge in [0.2, 0.25) is 5.91 Å². The van der Waals surface area contributed by atoms with Crippen LogP contribution in [0.2, 0.25) is 0 Å². The minimum Gasteiger partial charge on any atom is -0.389 e. The Morgan fingerprint density at radius 3 is 2.63 bits per heavy atom. The summed E-state index contributed by atoms with van der Waals surface area (Å²) in [5.74, 6) is 1.98. The molecule has 1 amide bonds. The third-order valence-corrected chi connectivity index (χ3v) is 4.63. The molecule has 0 saturated heterocycles. The summed E-state index contributed by atoms with van der Waals surface area (Å²) >= 11 is 4.97. The van der Waals surface area contributed by atoms with Gasteiger partial charge in [0.25, 0.3) is 0 Å². The van der Waals surface area contributed by atoms with E-state index in [1.54, 1.807) is 0 Å². The fourth-order valence-electron chi connectivity index (χ4n) is 3.07. The van der Waals surface area contributed by atoms with Crippen molar-refractivity contribution in [2.45, 2.75) is 26.2 Å². The maximum absolute atomic E-state index is 12.2. The first-order chi connectivity index (χ1) is 9.04. The number of anilines is 1. The second-order valence-electron chi connectivity index (χ2n) is 5.81. The third-order valence-electron chi connectivity index (χ3n) is 4.39. The highest BCUT2D eigenvalue weighted by Crippen LogP contribution is 2.54. The molecule has 4 heteroatoms. The summed E-state index contributed by atoms with van der Waals surface area (Å²) < 4.78 is 0. The fourth-order valence-corrected chi connectivity index (χ4v) is 3.20. The van der Waals surface area contributed by atoms with Crippen LogP contribution in [0.5, 0.6) is 0 Å². The molecule has 100 valence electrons. The molecule has 0 spiro atoms. The predicted molar refractivity (Wildman–Crippen MR) is 80.0 cm³/mol. The molecule has 2 saturated carbocycles. The van der Waals surface area contributed by atoms with Gasteiger partial charge in [0.15, 0.2) is 0 Å². The van der Waals surface area contributed by atoms with Crippen molar-refractivity contribution in [3.63, 3.8) is 0 Å². The molecule has 0 heterocycles. The smallest absolute Gasteiger partial charge is 0.227 e. The summed E-state index contributed by atoms with van der Waals surface area (Å²) in [5, 5.41) is 3.03. The van der Waals surface area contributed by atoms with Crippen LogP contribution in [0.3, 0.4) is 0 Å². The van der Waals surface area contributed by atoms with E-state index in [1.807, 2.05) is 25.1 Å². The van der Waals surface area contributed by atoms with Crippen LogP contribution in [0.25, 0.3) is 0 Å². The Balaban J connectivity index is 1.73. The number of aryl methyl sites for hydroxylation is 1. The lowest BCUT2D eigenvalue weighted by Gasteiger charge is -2.14. The molecule has 3 rings (SSSR count). The van der Waals surface area contributed by atoms with E-state index in [1.165, 1.54) is 6.42 Å². The number of amides is 1. The maximum Gasteiger partial charge on any atom is 0.227 e. The number of nitrogens with two attached hydrogens (primary N) is 1. The molecule has 2 aliphatic carbocycles. The molecule has 19 heavy (non-hydrogen) atoms. The summed E-state index contributed by atoms with van der Waals surface area (Å²) in [6, 6.07) is 5.69. The second-order valence-corrected chi connectivity index (χ2v) is 6.25. The van der Waals surface area contributed by atoms with Crippen LogP contribution < -0.4 is 11.1 Å². The summed E-state index contributed by atoms with van der Waals surface area (Å²) in [4.78, 5) is 12.6. The van der Waals surface area contributed by atoms with Gasteiger partial charge in [0, 0.05) is 17.2 Å². The van der Waals surface area contributed by atoms with Gasteiger partial charge in [-0.2, -0.15) is 0 Å². The Kier molecular flexibility index (Phi) is 3.05. The Morgan fingerprint density at radius 1 is 1.32 bits per heavy atom. The topological polar surface area (TPSA) is 55.1 Å². The molecule has 2 unspecified atom stereocenters. The Hall–Kier alpha value is -1.42. The molecule has 3 nitrogen and oxygen atoms in total. The number of nitrogens with one attached hydrogen (secondary N) is 1. The number of carbonyl (C=O) groups is 1. The van der Waals surface area contributed by atoms with Crippen molar-refractivity contribution in [1.82, 2.24) is 0 Å². The van der Waals surface area contributed by atoms with E-state index in [9.17, 15) is 4.79 Å². The number of carbonyl (C=O) groups excluding carboxylic acids is 1. The largest absolute Gasteiger partial charge is 0.389 e. The van der Waals surface area contributed by atoms with Crippen molar-refractivity contribution in [1.29, 1.82) is 0 Å². The first kappa shape index (κ1) is 12.6. The number of hydrogen-bond acceptors (Lipinski definition) is 2. The average molecular weight is 274 g/mol. The van der Waals surface area contributed by atoms with E-state index in [4.69, 9.17) is 18.0 Å². The third kappa shape index (κ3) is 2.50.